The normalized spacial score (nSPS) is 11.8. The maximum absolute atomic E-state index is 12.5. The second kappa shape index (κ2) is 8.60. The number of rotatable bonds is 7. The van der Waals surface area contributed by atoms with Crippen molar-refractivity contribution in [3.8, 4) is 5.75 Å². The third-order valence-electron chi connectivity index (χ3n) is 4.67. The Kier molecular flexibility index (Phi) is 5.97. The van der Waals surface area contributed by atoms with Crippen molar-refractivity contribution in [1.82, 2.24) is 5.32 Å². The summed E-state index contributed by atoms with van der Waals surface area (Å²) in [6.07, 6.45) is -0.0741. The summed E-state index contributed by atoms with van der Waals surface area (Å²) >= 11 is 0. The molecule has 150 valence electrons. The molecule has 3 rings (SSSR count). The quantitative estimate of drug-likeness (QED) is 0.602. The van der Waals surface area contributed by atoms with Crippen molar-refractivity contribution in [2.24, 2.45) is 0 Å². The lowest BCUT2D eigenvalue weighted by molar-refractivity contribution is -0.308. The second-order valence-corrected chi connectivity index (χ2v) is 6.67. The number of nitrogens with one attached hydrogen (secondary N) is 1. The van der Waals surface area contributed by atoms with Crippen LogP contribution in [0.5, 0.6) is 5.75 Å². The predicted molar refractivity (Wildman–Crippen MR) is 105 cm³/mol. The zero-order valence-electron chi connectivity index (χ0n) is 16.1. The van der Waals surface area contributed by atoms with Gasteiger partial charge in [-0.25, -0.2) is 4.79 Å². The fourth-order valence-electron chi connectivity index (χ4n) is 3.24. The van der Waals surface area contributed by atoms with Crippen LogP contribution < -0.4 is 20.8 Å². The van der Waals surface area contributed by atoms with Gasteiger partial charge in [-0.05, 0) is 36.6 Å². The summed E-state index contributed by atoms with van der Waals surface area (Å²) in [6.45, 7) is 1.75. The minimum absolute atomic E-state index is 0.100. The summed E-state index contributed by atoms with van der Waals surface area (Å²) in [5, 5.41) is 14.5. The largest absolute Gasteiger partial charge is 0.548 e. The Morgan fingerprint density at radius 2 is 1.90 bits per heavy atom. The van der Waals surface area contributed by atoms with E-state index in [9.17, 15) is 19.5 Å². The van der Waals surface area contributed by atoms with Crippen LogP contribution >= 0.6 is 0 Å². The highest BCUT2D eigenvalue weighted by Crippen LogP contribution is 2.28. The van der Waals surface area contributed by atoms with Crippen LogP contribution in [0.2, 0.25) is 0 Å². The average molecular weight is 394 g/mol. The second-order valence-electron chi connectivity index (χ2n) is 6.67. The third kappa shape index (κ3) is 4.63. The number of aliphatic carboxylic acids is 1. The van der Waals surface area contributed by atoms with Gasteiger partial charge in [-0.3, -0.25) is 4.79 Å². The molecule has 0 saturated heterocycles. The SMILES string of the molecule is COc1ccc2c(CC(=O)N[C@@H](Cc3ccccc3)C(=O)[O-])cc(=O)oc2c1C. The maximum Gasteiger partial charge on any atom is 0.336 e. The van der Waals surface area contributed by atoms with Gasteiger partial charge in [0.2, 0.25) is 5.91 Å². The van der Waals surface area contributed by atoms with E-state index < -0.39 is 23.5 Å². The van der Waals surface area contributed by atoms with Gasteiger partial charge in [0.1, 0.15) is 11.3 Å². The number of hydrogen-bond donors (Lipinski definition) is 1. The molecule has 2 aromatic carbocycles. The Hall–Kier alpha value is -3.61. The first-order valence-electron chi connectivity index (χ1n) is 9.03. The van der Waals surface area contributed by atoms with Crippen LogP contribution in [0, 0.1) is 6.92 Å². The number of carbonyl (C=O) groups excluding carboxylic acids is 2. The predicted octanol–water partition coefficient (Wildman–Crippen LogP) is 1.13. The zero-order valence-corrected chi connectivity index (χ0v) is 16.1. The Bertz CT molecular complexity index is 1100. The molecule has 0 aliphatic carbocycles. The number of carbonyl (C=O) groups is 2. The molecule has 3 aromatic rings. The van der Waals surface area contributed by atoms with Crippen LogP contribution in [-0.2, 0) is 22.4 Å². The molecule has 1 N–H and O–H groups in total. The van der Waals surface area contributed by atoms with Gasteiger partial charge >= 0.3 is 5.63 Å². The summed E-state index contributed by atoms with van der Waals surface area (Å²) in [6, 6.07) is 12.4. The minimum Gasteiger partial charge on any atom is -0.548 e. The van der Waals surface area contributed by atoms with Crippen molar-refractivity contribution in [3.63, 3.8) is 0 Å². The summed E-state index contributed by atoms with van der Waals surface area (Å²) < 4.78 is 10.5. The van der Waals surface area contributed by atoms with E-state index in [1.54, 1.807) is 43.3 Å². The average Bonchev–Trinajstić information content (AvgIpc) is 2.69. The zero-order chi connectivity index (χ0) is 21.0. The van der Waals surface area contributed by atoms with E-state index in [1.807, 2.05) is 6.07 Å². The Morgan fingerprint density at radius 3 is 2.55 bits per heavy atom. The minimum atomic E-state index is -1.37. The molecule has 29 heavy (non-hydrogen) atoms. The molecule has 1 aromatic heterocycles. The van der Waals surface area contributed by atoms with E-state index in [2.05, 4.69) is 5.32 Å². The van der Waals surface area contributed by atoms with E-state index in [4.69, 9.17) is 9.15 Å². The van der Waals surface area contributed by atoms with Crippen molar-refractivity contribution >= 4 is 22.8 Å². The fraction of sp³-hybridized carbons (Fsp3) is 0.227. The highest BCUT2D eigenvalue weighted by molar-refractivity contribution is 5.90. The van der Waals surface area contributed by atoms with E-state index in [1.165, 1.54) is 13.2 Å². The highest BCUT2D eigenvalue weighted by Gasteiger charge is 2.17. The lowest BCUT2D eigenvalue weighted by Crippen LogP contribution is -2.49. The van der Waals surface area contributed by atoms with Crippen LogP contribution in [-0.4, -0.2) is 25.0 Å². The van der Waals surface area contributed by atoms with Crippen molar-refractivity contribution < 1.29 is 23.8 Å². The first-order chi connectivity index (χ1) is 13.9. The van der Waals surface area contributed by atoms with E-state index >= 15 is 0 Å². The van der Waals surface area contributed by atoms with Crippen LogP contribution in [0.3, 0.4) is 0 Å². The van der Waals surface area contributed by atoms with Gasteiger partial charge in [-0.15, -0.1) is 0 Å². The van der Waals surface area contributed by atoms with Crippen LogP contribution in [0.15, 0.2) is 57.7 Å². The fourth-order valence-corrected chi connectivity index (χ4v) is 3.24. The van der Waals surface area contributed by atoms with Crippen molar-refractivity contribution in [2.75, 3.05) is 7.11 Å². The molecule has 0 radical (unpaired) electrons. The van der Waals surface area contributed by atoms with E-state index in [-0.39, 0.29) is 12.8 Å². The molecule has 0 fully saturated rings. The molecule has 1 atom stereocenters. The van der Waals surface area contributed by atoms with Gasteiger partial charge in [0, 0.05) is 17.0 Å². The number of amides is 1. The van der Waals surface area contributed by atoms with Crippen LogP contribution in [0.1, 0.15) is 16.7 Å². The molecule has 0 spiro atoms. The number of methoxy groups -OCH3 is 1. The molecular weight excluding hydrogens is 374 g/mol. The summed E-state index contributed by atoms with van der Waals surface area (Å²) in [4.78, 5) is 36.0. The third-order valence-corrected chi connectivity index (χ3v) is 4.67. The maximum atomic E-state index is 12.5. The highest BCUT2D eigenvalue weighted by atomic mass is 16.5. The van der Waals surface area contributed by atoms with Gasteiger partial charge in [0.15, 0.2) is 0 Å². The summed E-state index contributed by atoms with van der Waals surface area (Å²) in [7, 11) is 1.51. The number of hydrogen-bond acceptors (Lipinski definition) is 6. The van der Waals surface area contributed by atoms with Crippen LogP contribution in [0.25, 0.3) is 11.0 Å². The molecule has 1 amide bonds. The first-order valence-corrected chi connectivity index (χ1v) is 9.03. The molecule has 0 aliphatic heterocycles. The molecule has 7 nitrogen and oxygen atoms in total. The van der Waals surface area contributed by atoms with Crippen LogP contribution in [0.4, 0.5) is 0 Å². The molecule has 0 aliphatic rings. The number of aryl methyl sites for hydroxylation is 1. The molecule has 0 unspecified atom stereocenters. The van der Waals surface area contributed by atoms with Crippen molar-refractivity contribution in [2.45, 2.75) is 25.8 Å². The topological polar surface area (TPSA) is 109 Å². The molecule has 0 saturated carbocycles. The number of carboxylic acid groups (broad SMARTS) is 1. The Labute approximate surface area is 166 Å². The summed E-state index contributed by atoms with van der Waals surface area (Å²) in [5.74, 6) is -1.35. The van der Waals surface area contributed by atoms with Crippen molar-refractivity contribution in [3.05, 3.63) is 75.6 Å². The number of carboxylic acids is 1. The Morgan fingerprint density at radius 1 is 1.17 bits per heavy atom. The summed E-state index contributed by atoms with van der Waals surface area (Å²) in [5.41, 5.74) is 1.57. The molecule has 0 bridgehead atoms. The Balaban J connectivity index is 1.84. The van der Waals surface area contributed by atoms with Crippen molar-refractivity contribution in [1.29, 1.82) is 0 Å². The van der Waals surface area contributed by atoms with Gasteiger partial charge in [-0.2, -0.15) is 0 Å². The van der Waals surface area contributed by atoms with Gasteiger partial charge in [-0.1, -0.05) is 30.3 Å². The van der Waals surface area contributed by atoms with E-state index in [0.29, 0.717) is 27.8 Å². The smallest absolute Gasteiger partial charge is 0.336 e. The number of fused-ring (bicyclic) bond motifs is 1. The van der Waals surface area contributed by atoms with E-state index in [0.717, 1.165) is 5.56 Å². The first kappa shape index (κ1) is 20.1. The molecule has 1 heterocycles. The molecular formula is C22H20NO6-. The van der Waals surface area contributed by atoms with Gasteiger partial charge in [0.05, 0.1) is 25.5 Å². The standard InChI is InChI=1S/C22H21NO6/c1-13-18(28-2)9-8-16-15(12-20(25)29-21(13)16)11-19(24)23-17(22(26)27)10-14-6-4-3-5-7-14/h3-9,12,17H,10-11H2,1-2H3,(H,23,24)(H,26,27)/p-1/t17-/m0/s1. The monoisotopic (exact) mass is 394 g/mol. The molecule has 7 heteroatoms. The number of benzene rings is 2. The van der Waals surface area contributed by atoms with Gasteiger partial charge < -0.3 is 24.4 Å². The lowest BCUT2D eigenvalue weighted by atomic mass is 10.0. The number of ether oxygens (including phenoxy) is 1. The van der Waals surface area contributed by atoms with Gasteiger partial charge in [0.25, 0.3) is 0 Å². The lowest BCUT2D eigenvalue weighted by Gasteiger charge is -2.20.